The van der Waals surface area contributed by atoms with Gasteiger partial charge < -0.3 is 10.6 Å². The van der Waals surface area contributed by atoms with Crippen molar-refractivity contribution in [2.24, 2.45) is 0 Å². The van der Waals surface area contributed by atoms with E-state index in [1.54, 1.807) is 22.7 Å². The number of rotatable bonds is 6. The summed E-state index contributed by atoms with van der Waals surface area (Å²) in [5.74, 6) is -0.471. The number of hydrogen-bond donors (Lipinski definition) is 2. The lowest BCUT2D eigenvalue weighted by Crippen LogP contribution is -2.26. The first-order valence-corrected chi connectivity index (χ1v) is 9.75. The Morgan fingerprint density at radius 2 is 1.43 bits per heavy atom. The summed E-state index contributed by atoms with van der Waals surface area (Å²) in [5, 5.41) is 5.76. The van der Waals surface area contributed by atoms with Crippen molar-refractivity contribution >= 4 is 17.3 Å². The highest BCUT2D eigenvalue weighted by Gasteiger charge is 2.21. The van der Waals surface area contributed by atoms with Crippen LogP contribution in [0.5, 0.6) is 0 Å². The molecule has 2 N–H and O–H groups in total. The minimum Gasteiger partial charge on any atom is -0.347 e. The van der Waals surface area contributed by atoms with E-state index in [1.165, 1.54) is 0 Å². The van der Waals surface area contributed by atoms with Crippen LogP contribution in [0.2, 0.25) is 0 Å². The zero-order valence-electron chi connectivity index (χ0n) is 16.6. The summed E-state index contributed by atoms with van der Waals surface area (Å²) >= 11 is 0. The molecule has 0 fully saturated rings. The van der Waals surface area contributed by atoms with Gasteiger partial charge in [0.25, 0.3) is 11.8 Å². The Kier molecular flexibility index (Phi) is 5.57. The fourth-order valence-electron chi connectivity index (χ4n) is 3.19. The average molecular weight is 398 g/mol. The standard InChI is InChI=1S/C24H22N4O2/c1-17-10-12-19(13-11-17)16-25-23(29)21-20-9-5-6-14-28(20)22(27-21)24(30)26-15-18-7-3-2-4-8-18/h2-14H,15-16H2,1H3,(H,25,29)(H,26,30). The van der Waals surface area contributed by atoms with Crippen molar-refractivity contribution in [1.29, 1.82) is 0 Å². The number of nitrogens with one attached hydrogen (secondary N) is 2. The highest BCUT2D eigenvalue weighted by Crippen LogP contribution is 2.14. The maximum absolute atomic E-state index is 12.8. The molecule has 2 heterocycles. The van der Waals surface area contributed by atoms with Gasteiger partial charge in [0.2, 0.25) is 5.82 Å². The molecule has 0 saturated heterocycles. The van der Waals surface area contributed by atoms with E-state index >= 15 is 0 Å². The summed E-state index contributed by atoms with van der Waals surface area (Å²) in [6.07, 6.45) is 1.73. The minimum atomic E-state index is -0.336. The largest absolute Gasteiger partial charge is 0.347 e. The van der Waals surface area contributed by atoms with Crippen molar-refractivity contribution in [2.45, 2.75) is 20.0 Å². The first kappa shape index (κ1) is 19.4. The molecule has 0 aliphatic carbocycles. The molecule has 0 bridgehead atoms. The van der Waals surface area contributed by atoms with Gasteiger partial charge in [0.05, 0.1) is 5.52 Å². The van der Waals surface area contributed by atoms with Gasteiger partial charge in [-0.25, -0.2) is 4.98 Å². The molecule has 2 amide bonds. The summed E-state index contributed by atoms with van der Waals surface area (Å²) in [4.78, 5) is 29.9. The summed E-state index contributed by atoms with van der Waals surface area (Å²) in [7, 11) is 0. The molecule has 2 aromatic carbocycles. The number of hydrogen-bond acceptors (Lipinski definition) is 3. The highest BCUT2D eigenvalue weighted by molar-refractivity contribution is 6.02. The van der Waals surface area contributed by atoms with Crippen LogP contribution in [0.4, 0.5) is 0 Å². The Morgan fingerprint density at radius 3 is 2.17 bits per heavy atom. The SMILES string of the molecule is Cc1ccc(CNC(=O)c2nc(C(=O)NCc3ccccc3)n3ccccc23)cc1. The molecular weight excluding hydrogens is 376 g/mol. The fourth-order valence-corrected chi connectivity index (χ4v) is 3.19. The quantitative estimate of drug-likeness (QED) is 0.522. The van der Waals surface area contributed by atoms with E-state index in [9.17, 15) is 9.59 Å². The van der Waals surface area contributed by atoms with Crippen molar-refractivity contribution < 1.29 is 9.59 Å². The molecule has 0 spiro atoms. The predicted molar refractivity (Wildman–Crippen MR) is 115 cm³/mol. The van der Waals surface area contributed by atoms with Crippen molar-refractivity contribution in [2.75, 3.05) is 0 Å². The fraction of sp³-hybridized carbons (Fsp3) is 0.125. The van der Waals surface area contributed by atoms with Crippen LogP contribution in [0, 0.1) is 6.92 Å². The third-order valence-electron chi connectivity index (χ3n) is 4.84. The number of fused-ring (bicyclic) bond motifs is 1. The second kappa shape index (κ2) is 8.61. The maximum atomic E-state index is 12.8. The lowest BCUT2D eigenvalue weighted by atomic mass is 10.1. The number of pyridine rings is 1. The summed E-state index contributed by atoms with van der Waals surface area (Å²) in [6, 6.07) is 23.0. The summed E-state index contributed by atoms with van der Waals surface area (Å²) in [5.41, 5.74) is 3.97. The molecule has 6 heteroatoms. The Bertz CT molecular complexity index is 1180. The zero-order chi connectivity index (χ0) is 20.9. The lowest BCUT2D eigenvalue weighted by molar-refractivity contribution is 0.0939. The van der Waals surface area contributed by atoms with Gasteiger partial charge in [-0.3, -0.25) is 14.0 Å². The third kappa shape index (κ3) is 4.22. The normalized spacial score (nSPS) is 10.7. The number of imidazole rings is 1. The molecule has 0 radical (unpaired) electrons. The zero-order valence-corrected chi connectivity index (χ0v) is 16.6. The molecule has 30 heavy (non-hydrogen) atoms. The topological polar surface area (TPSA) is 75.5 Å². The Morgan fingerprint density at radius 1 is 0.800 bits per heavy atom. The number of aromatic nitrogens is 2. The van der Waals surface area contributed by atoms with E-state index in [4.69, 9.17) is 0 Å². The molecule has 0 saturated carbocycles. The van der Waals surface area contributed by atoms with E-state index < -0.39 is 0 Å². The van der Waals surface area contributed by atoms with Crippen LogP contribution in [-0.4, -0.2) is 21.2 Å². The van der Waals surface area contributed by atoms with Crippen LogP contribution >= 0.6 is 0 Å². The van der Waals surface area contributed by atoms with Gasteiger partial charge in [-0.15, -0.1) is 0 Å². The van der Waals surface area contributed by atoms with Crippen molar-refractivity contribution in [3.63, 3.8) is 0 Å². The average Bonchev–Trinajstić information content (AvgIpc) is 3.17. The monoisotopic (exact) mass is 398 g/mol. The smallest absolute Gasteiger partial charge is 0.287 e. The van der Waals surface area contributed by atoms with Crippen molar-refractivity contribution in [3.8, 4) is 0 Å². The number of aryl methyl sites for hydroxylation is 1. The molecule has 4 aromatic rings. The second-order valence-corrected chi connectivity index (χ2v) is 7.08. The minimum absolute atomic E-state index is 0.182. The van der Waals surface area contributed by atoms with E-state index in [1.807, 2.05) is 67.6 Å². The first-order chi connectivity index (χ1) is 14.6. The molecule has 0 unspecified atom stereocenters. The molecule has 150 valence electrons. The third-order valence-corrected chi connectivity index (χ3v) is 4.84. The van der Waals surface area contributed by atoms with Gasteiger partial charge >= 0.3 is 0 Å². The maximum Gasteiger partial charge on any atom is 0.287 e. The van der Waals surface area contributed by atoms with E-state index in [0.717, 1.165) is 16.7 Å². The predicted octanol–water partition coefficient (Wildman–Crippen LogP) is 3.50. The Hall–Kier alpha value is -3.93. The van der Waals surface area contributed by atoms with Crippen LogP contribution in [-0.2, 0) is 13.1 Å². The van der Waals surface area contributed by atoms with Crippen LogP contribution < -0.4 is 10.6 Å². The van der Waals surface area contributed by atoms with Crippen LogP contribution in [0.15, 0.2) is 79.0 Å². The van der Waals surface area contributed by atoms with Gasteiger partial charge in [-0.2, -0.15) is 0 Å². The van der Waals surface area contributed by atoms with Gasteiger partial charge in [0.15, 0.2) is 5.69 Å². The number of benzene rings is 2. The van der Waals surface area contributed by atoms with Crippen molar-refractivity contribution in [3.05, 3.63) is 107 Å². The first-order valence-electron chi connectivity index (χ1n) is 9.75. The molecule has 4 rings (SSSR count). The summed E-state index contributed by atoms with van der Waals surface area (Å²) in [6.45, 7) is 2.79. The molecule has 6 nitrogen and oxygen atoms in total. The summed E-state index contributed by atoms with van der Waals surface area (Å²) < 4.78 is 1.64. The molecule has 0 aliphatic heterocycles. The second-order valence-electron chi connectivity index (χ2n) is 7.08. The molecule has 2 aromatic heterocycles. The van der Waals surface area contributed by atoms with E-state index in [2.05, 4.69) is 15.6 Å². The number of carbonyl (C=O) groups is 2. The van der Waals surface area contributed by atoms with Gasteiger partial charge in [0, 0.05) is 19.3 Å². The van der Waals surface area contributed by atoms with Crippen LogP contribution in [0.1, 0.15) is 37.8 Å². The number of amides is 2. The Labute approximate surface area is 174 Å². The number of carbonyl (C=O) groups excluding carboxylic acids is 2. The van der Waals surface area contributed by atoms with Gasteiger partial charge in [0.1, 0.15) is 0 Å². The lowest BCUT2D eigenvalue weighted by Gasteiger charge is -2.04. The van der Waals surface area contributed by atoms with Gasteiger partial charge in [-0.05, 0) is 30.2 Å². The van der Waals surface area contributed by atoms with E-state index in [0.29, 0.717) is 18.6 Å². The molecule has 0 atom stereocenters. The highest BCUT2D eigenvalue weighted by atomic mass is 16.2. The van der Waals surface area contributed by atoms with Crippen LogP contribution in [0.25, 0.3) is 5.52 Å². The number of nitrogens with zero attached hydrogens (tertiary/aromatic N) is 2. The van der Waals surface area contributed by atoms with Gasteiger partial charge in [-0.1, -0.05) is 66.2 Å². The molecule has 0 aliphatic rings. The Balaban J connectivity index is 1.53. The van der Waals surface area contributed by atoms with E-state index in [-0.39, 0.29) is 23.3 Å². The van der Waals surface area contributed by atoms with Crippen molar-refractivity contribution in [1.82, 2.24) is 20.0 Å². The van der Waals surface area contributed by atoms with Crippen LogP contribution in [0.3, 0.4) is 0 Å². The molecular formula is C24H22N4O2.